The van der Waals surface area contributed by atoms with E-state index in [2.05, 4.69) is 4.98 Å². The number of hydrogen-bond acceptors (Lipinski definition) is 5. The molecule has 0 aliphatic carbocycles. The summed E-state index contributed by atoms with van der Waals surface area (Å²) in [5.41, 5.74) is 0.133. The first kappa shape index (κ1) is 17.5. The van der Waals surface area contributed by atoms with E-state index in [1.54, 1.807) is 6.07 Å². The topological polar surface area (TPSA) is 65.5 Å². The van der Waals surface area contributed by atoms with Crippen LogP contribution in [0.25, 0.3) is 0 Å². The quantitative estimate of drug-likeness (QED) is 0.448. The van der Waals surface area contributed by atoms with E-state index in [1.165, 1.54) is 31.4 Å². The molecule has 120 valence electrons. The fourth-order valence-electron chi connectivity index (χ4n) is 1.68. The van der Waals surface area contributed by atoms with Crippen molar-refractivity contribution in [3.63, 3.8) is 0 Å². The molecule has 0 N–H and O–H groups in total. The number of benzene rings is 1. The maximum atomic E-state index is 12.0. The van der Waals surface area contributed by atoms with Gasteiger partial charge in [-0.3, -0.25) is 4.79 Å². The van der Waals surface area contributed by atoms with Crippen molar-refractivity contribution in [1.82, 2.24) is 4.98 Å². The second-order valence-electron chi connectivity index (χ2n) is 4.31. The smallest absolute Gasteiger partial charge is 0.359 e. The van der Waals surface area contributed by atoms with E-state index >= 15 is 0 Å². The van der Waals surface area contributed by atoms with Gasteiger partial charge in [0.2, 0.25) is 0 Å². The third kappa shape index (κ3) is 4.34. The van der Waals surface area contributed by atoms with E-state index < -0.39 is 18.4 Å². The molecular formula is C15H10Cl3NO4. The maximum absolute atomic E-state index is 12.0. The highest BCUT2D eigenvalue weighted by atomic mass is 35.5. The largest absolute Gasteiger partial charge is 0.495 e. The summed E-state index contributed by atoms with van der Waals surface area (Å²) in [4.78, 5) is 27.7. The fraction of sp³-hybridized carbons (Fsp3) is 0.133. The molecule has 2 aromatic rings. The van der Waals surface area contributed by atoms with Crippen molar-refractivity contribution in [1.29, 1.82) is 0 Å². The lowest BCUT2D eigenvalue weighted by Crippen LogP contribution is -2.15. The molecule has 5 nitrogen and oxygen atoms in total. The zero-order valence-corrected chi connectivity index (χ0v) is 14.1. The summed E-state index contributed by atoms with van der Waals surface area (Å²) in [6, 6.07) is 7.35. The van der Waals surface area contributed by atoms with Crippen molar-refractivity contribution in [2.45, 2.75) is 0 Å². The molecule has 0 bridgehead atoms. The predicted octanol–water partition coefficient (Wildman–Crippen LogP) is 4.09. The summed E-state index contributed by atoms with van der Waals surface area (Å²) in [6.07, 6.45) is 0. The zero-order chi connectivity index (χ0) is 17.0. The Morgan fingerprint density at radius 3 is 2.48 bits per heavy atom. The minimum atomic E-state index is -0.842. The number of pyridine rings is 1. The lowest BCUT2D eigenvalue weighted by molar-refractivity contribution is 0.0469. The predicted molar refractivity (Wildman–Crippen MR) is 86.9 cm³/mol. The Morgan fingerprint density at radius 1 is 1.09 bits per heavy atom. The van der Waals surface area contributed by atoms with Crippen molar-refractivity contribution in [2.24, 2.45) is 0 Å². The lowest BCUT2D eigenvalue weighted by Gasteiger charge is -2.07. The summed E-state index contributed by atoms with van der Waals surface area (Å²) < 4.78 is 9.90. The van der Waals surface area contributed by atoms with E-state index in [0.29, 0.717) is 5.75 Å². The van der Waals surface area contributed by atoms with Crippen molar-refractivity contribution < 1.29 is 19.1 Å². The number of rotatable bonds is 5. The molecule has 0 amide bonds. The van der Waals surface area contributed by atoms with Gasteiger partial charge in [-0.25, -0.2) is 9.78 Å². The third-order valence-electron chi connectivity index (χ3n) is 2.81. The maximum Gasteiger partial charge on any atom is 0.359 e. The van der Waals surface area contributed by atoms with Crippen molar-refractivity contribution in [3.05, 3.63) is 56.8 Å². The third-order valence-corrected chi connectivity index (χ3v) is 3.62. The Hall–Kier alpha value is -1.82. The van der Waals surface area contributed by atoms with Gasteiger partial charge >= 0.3 is 5.97 Å². The van der Waals surface area contributed by atoms with Crippen LogP contribution >= 0.6 is 34.8 Å². The zero-order valence-electron chi connectivity index (χ0n) is 11.8. The summed E-state index contributed by atoms with van der Waals surface area (Å²) in [5.74, 6) is -0.832. The summed E-state index contributed by atoms with van der Waals surface area (Å²) >= 11 is 17.5. The molecule has 8 heteroatoms. The molecule has 0 radical (unpaired) electrons. The molecule has 2 rings (SSSR count). The van der Waals surface area contributed by atoms with E-state index in [0.717, 1.165) is 0 Å². The average Bonchev–Trinajstić information content (AvgIpc) is 2.54. The number of methoxy groups -OCH3 is 1. The second kappa shape index (κ2) is 7.64. The number of esters is 1. The number of nitrogens with zero attached hydrogens (tertiary/aromatic N) is 1. The number of halogens is 3. The van der Waals surface area contributed by atoms with Crippen LogP contribution in [0.2, 0.25) is 15.2 Å². The Bertz CT molecular complexity index is 764. The molecule has 0 unspecified atom stereocenters. The van der Waals surface area contributed by atoms with E-state index in [9.17, 15) is 9.59 Å². The van der Waals surface area contributed by atoms with Crippen LogP contribution in [-0.4, -0.2) is 30.5 Å². The highest BCUT2D eigenvalue weighted by molar-refractivity contribution is 6.34. The monoisotopic (exact) mass is 373 g/mol. The average molecular weight is 375 g/mol. The first-order valence-electron chi connectivity index (χ1n) is 6.28. The minimum Gasteiger partial charge on any atom is -0.495 e. The van der Waals surface area contributed by atoms with Crippen molar-refractivity contribution >= 4 is 46.6 Å². The van der Waals surface area contributed by atoms with Crippen molar-refractivity contribution in [3.8, 4) is 5.75 Å². The lowest BCUT2D eigenvalue weighted by atomic mass is 10.1. The van der Waals surface area contributed by atoms with Crippen molar-refractivity contribution in [2.75, 3.05) is 13.7 Å². The molecule has 23 heavy (non-hydrogen) atoms. The van der Waals surface area contributed by atoms with Gasteiger partial charge in [0.15, 0.2) is 18.1 Å². The number of aromatic nitrogens is 1. The number of carbonyl (C=O) groups is 2. The van der Waals surface area contributed by atoms with E-state index in [-0.39, 0.29) is 26.5 Å². The Kier molecular flexibility index (Phi) is 5.82. The Morgan fingerprint density at radius 2 is 1.83 bits per heavy atom. The summed E-state index contributed by atoms with van der Waals surface area (Å²) in [5, 5.41) is 0.457. The van der Waals surface area contributed by atoms with Crippen LogP contribution in [0.3, 0.4) is 0 Å². The van der Waals surface area contributed by atoms with E-state index in [4.69, 9.17) is 44.3 Å². The van der Waals surface area contributed by atoms with Gasteiger partial charge in [0.05, 0.1) is 17.2 Å². The van der Waals surface area contributed by atoms with Gasteiger partial charge < -0.3 is 9.47 Å². The molecule has 0 atom stereocenters. The highest BCUT2D eigenvalue weighted by Gasteiger charge is 2.17. The highest BCUT2D eigenvalue weighted by Crippen LogP contribution is 2.25. The van der Waals surface area contributed by atoms with Crippen LogP contribution in [-0.2, 0) is 4.74 Å². The number of ether oxygens (including phenoxy) is 2. The molecule has 0 fully saturated rings. The molecule has 1 heterocycles. The Labute approximate surface area is 147 Å². The molecule has 0 saturated heterocycles. The van der Waals surface area contributed by atoms with Crippen LogP contribution in [0, 0.1) is 0 Å². The molecule has 0 aliphatic rings. The normalized spacial score (nSPS) is 10.3. The van der Waals surface area contributed by atoms with Gasteiger partial charge in [-0.15, -0.1) is 0 Å². The molecule has 0 saturated carbocycles. The summed E-state index contributed by atoms with van der Waals surface area (Å²) in [6.45, 7) is -0.480. The van der Waals surface area contributed by atoms with Crippen LogP contribution in [0.1, 0.15) is 20.8 Å². The van der Waals surface area contributed by atoms with Gasteiger partial charge in [0.1, 0.15) is 10.9 Å². The van der Waals surface area contributed by atoms with Gasteiger partial charge in [-0.1, -0.05) is 34.8 Å². The second-order valence-corrected chi connectivity index (χ2v) is 5.51. The number of ketones is 1. The molecule has 0 spiro atoms. The van der Waals surface area contributed by atoms with Gasteiger partial charge in [-0.05, 0) is 30.3 Å². The van der Waals surface area contributed by atoms with Crippen LogP contribution in [0.5, 0.6) is 5.75 Å². The van der Waals surface area contributed by atoms with Gasteiger partial charge in [0, 0.05) is 5.56 Å². The van der Waals surface area contributed by atoms with Gasteiger partial charge in [0.25, 0.3) is 0 Å². The first-order valence-corrected chi connectivity index (χ1v) is 7.41. The summed E-state index contributed by atoms with van der Waals surface area (Å²) in [7, 11) is 1.46. The standard InChI is InChI=1S/C15H10Cl3NO4/c1-22-12-4-2-8(6-10(12)17)11(20)7-23-15(21)14-9(16)3-5-13(18)19-14/h2-6H,7H2,1H3. The Balaban J connectivity index is 2.05. The number of Topliss-reactive ketones (excluding diaryl/α,β-unsaturated/α-hetero) is 1. The minimum absolute atomic E-state index is 0.0827. The molecule has 0 aliphatic heterocycles. The number of hydrogen-bond donors (Lipinski definition) is 0. The SMILES string of the molecule is COc1ccc(C(=O)COC(=O)c2nc(Cl)ccc2Cl)cc1Cl. The van der Waals surface area contributed by atoms with Gasteiger partial charge in [-0.2, -0.15) is 0 Å². The molecular weight excluding hydrogens is 365 g/mol. The van der Waals surface area contributed by atoms with Crippen LogP contribution in [0.15, 0.2) is 30.3 Å². The fourth-order valence-corrected chi connectivity index (χ4v) is 2.27. The van der Waals surface area contributed by atoms with E-state index in [1.807, 2.05) is 0 Å². The van der Waals surface area contributed by atoms with Crippen LogP contribution < -0.4 is 4.74 Å². The first-order chi connectivity index (χ1) is 10.9. The molecule has 1 aromatic heterocycles. The van der Waals surface area contributed by atoms with Crippen LogP contribution in [0.4, 0.5) is 0 Å². The number of carbonyl (C=O) groups excluding carboxylic acids is 2. The molecule has 1 aromatic carbocycles.